The average molecular weight is 452 g/mol. The molecule has 2 aromatic rings. The second-order valence-corrected chi connectivity index (χ2v) is 5.78. The van der Waals surface area contributed by atoms with Crippen LogP contribution in [0.1, 0.15) is 0 Å². The van der Waals surface area contributed by atoms with E-state index in [0.29, 0.717) is 0 Å². The maximum absolute atomic E-state index is 10.0. The van der Waals surface area contributed by atoms with Crippen LogP contribution in [0.15, 0.2) is 36.4 Å². The van der Waals surface area contributed by atoms with Crippen LogP contribution in [-0.2, 0) is 0 Å². The zero-order valence-electron chi connectivity index (χ0n) is 9.08. The normalized spacial score (nSPS) is 10.3. The Bertz CT molecular complexity index is 533. The van der Waals surface area contributed by atoms with E-state index in [-0.39, 0.29) is 5.75 Å². The minimum absolute atomic E-state index is 0.277. The van der Waals surface area contributed by atoms with Crippen molar-refractivity contribution in [3.8, 4) is 22.6 Å². The van der Waals surface area contributed by atoms with Gasteiger partial charge in [0.05, 0.1) is 7.11 Å². The van der Waals surface area contributed by atoms with E-state index in [0.717, 1.165) is 24.0 Å². The van der Waals surface area contributed by atoms with Crippen LogP contribution in [-0.4, -0.2) is 12.2 Å². The smallest absolute Gasteiger partial charge is 0.127 e. The number of hydrogen-bond donors (Lipinski definition) is 1. The molecule has 0 heterocycles. The number of benzene rings is 2. The molecule has 0 saturated carbocycles. The first-order valence-corrected chi connectivity index (χ1v) is 7.11. The third-order valence-corrected chi connectivity index (χ3v) is 4.23. The number of phenols is 1. The summed E-state index contributed by atoms with van der Waals surface area (Å²) in [5, 5.41) is 10.0. The Morgan fingerprint density at radius 2 is 1.53 bits per heavy atom. The van der Waals surface area contributed by atoms with E-state index in [4.69, 9.17) is 4.74 Å². The van der Waals surface area contributed by atoms with Gasteiger partial charge in [-0.15, -0.1) is 0 Å². The summed E-state index contributed by atoms with van der Waals surface area (Å²) in [6.07, 6.45) is 0. The molecule has 0 saturated heterocycles. The molecule has 2 nitrogen and oxygen atoms in total. The molecule has 17 heavy (non-hydrogen) atoms. The Balaban J connectivity index is 2.76. The van der Waals surface area contributed by atoms with E-state index in [1.54, 1.807) is 13.2 Å². The van der Waals surface area contributed by atoms with Crippen LogP contribution in [0.2, 0.25) is 0 Å². The maximum Gasteiger partial charge on any atom is 0.127 e. The van der Waals surface area contributed by atoms with Crippen LogP contribution < -0.4 is 4.74 Å². The third-order valence-electron chi connectivity index (χ3n) is 2.44. The van der Waals surface area contributed by atoms with Gasteiger partial charge in [0, 0.05) is 18.3 Å². The summed E-state index contributed by atoms with van der Waals surface area (Å²) in [6, 6.07) is 11.3. The van der Waals surface area contributed by atoms with Gasteiger partial charge >= 0.3 is 0 Å². The molecular formula is C13H10I2O2. The van der Waals surface area contributed by atoms with Gasteiger partial charge in [-0.3, -0.25) is 0 Å². The second-order valence-electron chi connectivity index (χ2n) is 3.45. The van der Waals surface area contributed by atoms with Crippen LogP contribution in [0, 0.1) is 7.14 Å². The molecule has 0 aliphatic carbocycles. The first-order chi connectivity index (χ1) is 8.15. The SMILES string of the molecule is COc1cccc(I)c1-c1c(O)cccc1I. The standard InChI is InChI=1S/C13H10I2O2/c1-17-11-7-3-5-9(15)13(11)12-8(14)4-2-6-10(12)16/h2-7,16H,1H3. The Labute approximate surface area is 127 Å². The largest absolute Gasteiger partial charge is 0.507 e. The zero-order chi connectivity index (χ0) is 12.4. The van der Waals surface area contributed by atoms with Gasteiger partial charge in [-0.05, 0) is 69.4 Å². The Kier molecular flexibility index (Phi) is 4.13. The van der Waals surface area contributed by atoms with Gasteiger partial charge < -0.3 is 9.84 Å². The fourth-order valence-electron chi connectivity index (χ4n) is 1.68. The third kappa shape index (κ3) is 2.52. The van der Waals surface area contributed by atoms with Crippen molar-refractivity contribution in [3.05, 3.63) is 43.5 Å². The molecule has 2 aromatic carbocycles. The topological polar surface area (TPSA) is 29.5 Å². The van der Waals surface area contributed by atoms with E-state index in [1.165, 1.54) is 0 Å². The summed E-state index contributed by atoms with van der Waals surface area (Å²) in [7, 11) is 1.64. The number of phenolic OH excluding ortho intramolecular Hbond substituents is 1. The number of rotatable bonds is 2. The van der Waals surface area contributed by atoms with Crippen LogP contribution in [0.25, 0.3) is 11.1 Å². The molecule has 88 valence electrons. The van der Waals surface area contributed by atoms with Gasteiger partial charge in [-0.2, -0.15) is 0 Å². The molecule has 1 N–H and O–H groups in total. The minimum Gasteiger partial charge on any atom is -0.507 e. The van der Waals surface area contributed by atoms with Gasteiger partial charge in [-0.1, -0.05) is 12.1 Å². The monoisotopic (exact) mass is 452 g/mol. The lowest BCUT2D eigenvalue weighted by molar-refractivity contribution is 0.415. The molecule has 4 heteroatoms. The predicted octanol–water partition coefficient (Wildman–Crippen LogP) is 4.28. The van der Waals surface area contributed by atoms with Gasteiger partial charge in [0.1, 0.15) is 11.5 Å². The van der Waals surface area contributed by atoms with Crippen LogP contribution in [0.4, 0.5) is 0 Å². The van der Waals surface area contributed by atoms with E-state index in [9.17, 15) is 5.11 Å². The van der Waals surface area contributed by atoms with Crippen molar-refractivity contribution in [3.63, 3.8) is 0 Å². The van der Waals surface area contributed by atoms with Crippen molar-refractivity contribution in [2.45, 2.75) is 0 Å². The van der Waals surface area contributed by atoms with Crippen molar-refractivity contribution in [2.24, 2.45) is 0 Å². The van der Waals surface area contributed by atoms with Crippen molar-refractivity contribution in [1.29, 1.82) is 0 Å². The molecule has 0 aliphatic heterocycles. The fourth-order valence-corrected chi connectivity index (χ4v) is 3.17. The summed E-state index contributed by atoms with van der Waals surface area (Å²) in [6.45, 7) is 0. The van der Waals surface area contributed by atoms with Gasteiger partial charge in [0.15, 0.2) is 0 Å². The highest BCUT2D eigenvalue weighted by Crippen LogP contribution is 2.41. The molecule has 0 unspecified atom stereocenters. The Morgan fingerprint density at radius 1 is 0.941 bits per heavy atom. The van der Waals surface area contributed by atoms with E-state index >= 15 is 0 Å². The van der Waals surface area contributed by atoms with Crippen molar-refractivity contribution >= 4 is 45.2 Å². The van der Waals surface area contributed by atoms with Crippen molar-refractivity contribution < 1.29 is 9.84 Å². The number of methoxy groups -OCH3 is 1. The molecule has 0 atom stereocenters. The first-order valence-electron chi connectivity index (χ1n) is 4.95. The minimum atomic E-state index is 0.277. The molecule has 0 bridgehead atoms. The highest BCUT2D eigenvalue weighted by molar-refractivity contribution is 14.1. The van der Waals surface area contributed by atoms with Crippen LogP contribution in [0.5, 0.6) is 11.5 Å². The van der Waals surface area contributed by atoms with Gasteiger partial charge in [0.2, 0.25) is 0 Å². The Morgan fingerprint density at radius 3 is 2.12 bits per heavy atom. The van der Waals surface area contributed by atoms with Crippen molar-refractivity contribution in [2.75, 3.05) is 7.11 Å². The lowest BCUT2D eigenvalue weighted by Crippen LogP contribution is -1.93. The maximum atomic E-state index is 10.0. The Hall–Kier alpha value is -0.500. The molecule has 0 spiro atoms. The van der Waals surface area contributed by atoms with Crippen LogP contribution >= 0.6 is 45.2 Å². The first kappa shape index (κ1) is 12.9. The van der Waals surface area contributed by atoms with Crippen LogP contribution in [0.3, 0.4) is 0 Å². The number of halogens is 2. The van der Waals surface area contributed by atoms with E-state index in [2.05, 4.69) is 45.2 Å². The lowest BCUT2D eigenvalue weighted by Gasteiger charge is -2.13. The van der Waals surface area contributed by atoms with E-state index < -0.39 is 0 Å². The molecule has 0 radical (unpaired) electrons. The molecule has 0 fully saturated rings. The molecule has 0 aromatic heterocycles. The number of hydrogen-bond acceptors (Lipinski definition) is 2. The number of ether oxygens (including phenoxy) is 1. The second kappa shape index (κ2) is 5.43. The summed E-state index contributed by atoms with van der Waals surface area (Å²) < 4.78 is 7.43. The number of aromatic hydroxyl groups is 1. The molecule has 0 aliphatic rings. The predicted molar refractivity (Wildman–Crippen MR) is 85.5 cm³/mol. The summed E-state index contributed by atoms with van der Waals surface area (Å²) in [4.78, 5) is 0. The highest BCUT2D eigenvalue weighted by atomic mass is 127. The molecule has 0 amide bonds. The summed E-state index contributed by atoms with van der Waals surface area (Å²) >= 11 is 4.47. The summed E-state index contributed by atoms with van der Waals surface area (Å²) in [5.74, 6) is 1.05. The highest BCUT2D eigenvalue weighted by Gasteiger charge is 2.16. The molecular weight excluding hydrogens is 442 g/mol. The van der Waals surface area contributed by atoms with Gasteiger partial charge in [-0.25, -0.2) is 0 Å². The zero-order valence-corrected chi connectivity index (χ0v) is 13.4. The lowest BCUT2D eigenvalue weighted by atomic mass is 10.0. The van der Waals surface area contributed by atoms with Gasteiger partial charge in [0.25, 0.3) is 0 Å². The fraction of sp³-hybridized carbons (Fsp3) is 0.0769. The summed E-state index contributed by atoms with van der Waals surface area (Å²) in [5.41, 5.74) is 1.77. The van der Waals surface area contributed by atoms with E-state index in [1.807, 2.05) is 30.3 Å². The van der Waals surface area contributed by atoms with Crippen molar-refractivity contribution in [1.82, 2.24) is 0 Å². The average Bonchev–Trinajstić information content (AvgIpc) is 2.30. The molecule has 2 rings (SSSR count). The quantitative estimate of drug-likeness (QED) is 0.690.